The minimum atomic E-state index is -0.0354. The Morgan fingerprint density at radius 3 is 2.48 bits per heavy atom. The predicted molar refractivity (Wildman–Crippen MR) is 99.9 cm³/mol. The molecule has 5 heteroatoms. The van der Waals surface area contributed by atoms with Crippen LogP contribution in [0, 0.1) is 0 Å². The average molecular weight is 339 g/mol. The fourth-order valence-corrected chi connectivity index (χ4v) is 3.05. The van der Waals surface area contributed by atoms with Crippen LogP contribution in [0.4, 0.5) is 10.5 Å². The van der Waals surface area contributed by atoms with E-state index in [0.29, 0.717) is 0 Å². The monoisotopic (exact) mass is 339 g/mol. The maximum Gasteiger partial charge on any atom is 0.321 e. The standard InChI is InChI=1S/C20H25N3O2/c1-25-19-10-8-18(9-11-19)21-20(24)23-13-5-12-22(14-15-23)16-17-6-3-2-4-7-17/h2-4,6-11H,5,12-16H2,1H3,(H,21,24). The molecule has 1 heterocycles. The zero-order valence-electron chi connectivity index (χ0n) is 14.6. The van der Waals surface area contributed by atoms with Crippen molar-refractivity contribution >= 4 is 11.7 Å². The molecule has 1 fully saturated rings. The lowest BCUT2D eigenvalue weighted by Gasteiger charge is -2.22. The summed E-state index contributed by atoms with van der Waals surface area (Å²) < 4.78 is 5.14. The van der Waals surface area contributed by atoms with Gasteiger partial charge in [0, 0.05) is 38.4 Å². The quantitative estimate of drug-likeness (QED) is 0.928. The van der Waals surface area contributed by atoms with Gasteiger partial charge in [-0.25, -0.2) is 4.79 Å². The number of rotatable bonds is 4. The number of methoxy groups -OCH3 is 1. The van der Waals surface area contributed by atoms with Gasteiger partial charge in [0.05, 0.1) is 7.11 Å². The second-order valence-electron chi connectivity index (χ2n) is 6.26. The van der Waals surface area contributed by atoms with Crippen LogP contribution in [0.5, 0.6) is 5.75 Å². The summed E-state index contributed by atoms with van der Waals surface area (Å²) >= 11 is 0. The number of nitrogens with one attached hydrogen (secondary N) is 1. The third kappa shape index (κ3) is 4.97. The maximum absolute atomic E-state index is 12.5. The van der Waals surface area contributed by atoms with Gasteiger partial charge >= 0.3 is 6.03 Å². The van der Waals surface area contributed by atoms with Crippen molar-refractivity contribution in [1.29, 1.82) is 0 Å². The zero-order chi connectivity index (χ0) is 17.5. The topological polar surface area (TPSA) is 44.8 Å². The van der Waals surface area contributed by atoms with E-state index in [1.54, 1.807) is 7.11 Å². The number of hydrogen-bond acceptors (Lipinski definition) is 3. The molecule has 25 heavy (non-hydrogen) atoms. The Kier molecular flexibility index (Phi) is 5.90. The van der Waals surface area contributed by atoms with Gasteiger partial charge in [0.15, 0.2) is 0 Å². The average Bonchev–Trinajstić information content (AvgIpc) is 2.89. The molecule has 132 valence electrons. The maximum atomic E-state index is 12.5. The van der Waals surface area contributed by atoms with E-state index in [2.05, 4.69) is 34.5 Å². The summed E-state index contributed by atoms with van der Waals surface area (Å²) in [5.41, 5.74) is 2.11. The molecule has 0 atom stereocenters. The molecule has 2 aromatic carbocycles. The summed E-state index contributed by atoms with van der Waals surface area (Å²) in [5, 5.41) is 2.97. The molecule has 0 saturated carbocycles. The van der Waals surface area contributed by atoms with Crippen molar-refractivity contribution in [3.63, 3.8) is 0 Å². The van der Waals surface area contributed by atoms with E-state index in [-0.39, 0.29) is 6.03 Å². The lowest BCUT2D eigenvalue weighted by atomic mass is 10.2. The van der Waals surface area contributed by atoms with Crippen molar-refractivity contribution in [2.45, 2.75) is 13.0 Å². The van der Waals surface area contributed by atoms with Gasteiger partial charge in [-0.1, -0.05) is 30.3 Å². The molecule has 0 spiro atoms. The van der Waals surface area contributed by atoms with Gasteiger partial charge in [-0.15, -0.1) is 0 Å². The molecule has 0 aliphatic carbocycles. The van der Waals surface area contributed by atoms with Gasteiger partial charge in [0.1, 0.15) is 5.75 Å². The molecule has 0 bridgehead atoms. The summed E-state index contributed by atoms with van der Waals surface area (Å²) in [4.78, 5) is 16.8. The van der Waals surface area contributed by atoms with Crippen molar-refractivity contribution < 1.29 is 9.53 Å². The van der Waals surface area contributed by atoms with E-state index in [4.69, 9.17) is 4.74 Å². The molecule has 2 amide bonds. The summed E-state index contributed by atoms with van der Waals surface area (Å²) in [6, 6.07) is 17.9. The Balaban J connectivity index is 1.52. The SMILES string of the molecule is COc1ccc(NC(=O)N2CCCN(Cc3ccccc3)CC2)cc1. The molecule has 1 N–H and O–H groups in total. The van der Waals surface area contributed by atoms with Crippen molar-refractivity contribution in [2.75, 3.05) is 38.6 Å². The highest BCUT2D eigenvalue weighted by Gasteiger charge is 2.19. The first kappa shape index (κ1) is 17.3. The number of urea groups is 1. The van der Waals surface area contributed by atoms with Gasteiger partial charge in [-0.3, -0.25) is 4.90 Å². The van der Waals surface area contributed by atoms with Crippen LogP contribution in [0.25, 0.3) is 0 Å². The lowest BCUT2D eigenvalue weighted by molar-refractivity contribution is 0.211. The number of anilines is 1. The van der Waals surface area contributed by atoms with Crippen molar-refractivity contribution in [2.24, 2.45) is 0 Å². The molecular formula is C20H25N3O2. The summed E-state index contributed by atoms with van der Waals surface area (Å²) in [6.45, 7) is 4.38. The highest BCUT2D eigenvalue weighted by atomic mass is 16.5. The van der Waals surface area contributed by atoms with Crippen LogP contribution in [-0.2, 0) is 6.54 Å². The Labute approximate surface area is 149 Å². The van der Waals surface area contributed by atoms with Crippen LogP contribution < -0.4 is 10.1 Å². The molecule has 2 aromatic rings. The number of hydrogen-bond donors (Lipinski definition) is 1. The predicted octanol–water partition coefficient (Wildman–Crippen LogP) is 3.44. The fraction of sp³-hybridized carbons (Fsp3) is 0.350. The number of carbonyl (C=O) groups is 1. The first-order chi connectivity index (χ1) is 12.2. The summed E-state index contributed by atoms with van der Waals surface area (Å²) in [5.74, 6) is 0.782. The van der Waals surface area contributed by atoms with Crippen LogP contribution in [0.15, 0.2) is 54.6 Å². The third-order valence-electron chi connectivity index (χ3n) is 4.47. The smallest absolute Gasteiger partial charge is 0.321 e. The third-order valence-corrected chi connectivity index (χ3v) is 4.47. The first-order valence-electron chi connectivity index (χ1n) is 8.71. The molecule has 0 radical (unpaired) electrons. The Morgan fingerprint density at radius 2 is 1.76 bits per heavy atom. The normalized spacial score (nSPS) is 15.5. The highest BCUT2D eigenvalue weighted by Crippen LogP contribution is 2.16. The van der Waals surface area contributed by atoms with Crippen molar-refractivity contribution in [1.82, 2.24) is 9.80 Å². The molecule has 5 nitrogen and oxygen atoms in total. The minimum absolute atomic E-state index is 0.0354. The molecule has 0 aromatic heterocycles. The van der Waals surface area contributed by atoms with Gasteiger partial charge in [-0.2, -0.15) is 0 Å². The van der Waals surface area contributed by atoms with E-state index in [0.717, 1.165) is 50.6 Å². The molecule has 1 aliphatic heterocycles. The Morgan fingerprint density at radius 1 is 1.00 bits per heavy atom. The second-order valence-corrected chi connectivity index (χ2v) is 6.26. The fourth-order valence-electron chi connectivity index (χ4n) is 3.05. The number of carbonyl (C=O) groups excluding carboxylic acids is 1. The van der Waals surface area contributed by atoms with E-state index in [1.165, 1.54) is 5.56 Å². The van der Waals surface area contributed by atoms with Crippen LogP contribution in [0.3, 0.4) is 0 Å². The van der Waals surface area contributed by atoms with Gasteiger partial charge in [-0.05, 0) is 36.2 Å². The van der Waals surface area contributed by atoms with E-state index in [9.17, 15) is 4.79 Å². The zero-order valence-corrected chi connectivity index (χ0v) is 14.6. The highest BCUT2D eigenvalue weighted by molar-refractivity contribution is 5.89. The van der Waals surface area contributed by atoms with E-state index in [1.807, 2.05) is 35.2 Å². The first-order valence-corrected chi connectivity index (χ1v) is 8.71. The van der Waals surface area contributed by atoms with E-state index < -0.39 is 0 Å². The van der Waals surface area contributed by atoms with Crippen LogP contribution >= 0.6 is 0 Å². The molecule has 1 saturated heterocycles. The number of amides is 2. The number of benzene rings is 2. The molecule has 3 rings (SSSR count). The van der Waals surface area contributed by atoms with Gasteiger partial charge in [0.25, 0.3) is 0 Å². The number of nitrogens with zero attached hydrogens (tertiary/aromatic N) is 2. The summed E-state index contributed by atoms with van der Waals surface area (Å²) in [7, 11) is 1.63. The van der Waals surface area contributed by atoms with Crippen molar-refractivity contribution in [3.05, 3.63) is 60.2 Å². The Hall–Kier alpha value is -2.53. The lowest BCUT2D eigenvalue weighted by Crippen LogP contribution is -2.38. The largest absolute Gasteiger partial charge is 0.497 e. The summed E-state index contributed by atoms with van der Waals surface area (Å²) in [6.07, 6.45) is 0.989. The van der Waals surface area contributed by atoms with Crippen LogP contribution in [-0.4, -0.2) is 49.1 Å². The molecule has 1 aliphatic rings. The number of ether oxygens (including phenoxy) is 1. The Bertz CT molecular complexity index is 673. The van der Waals surface area contributed by atoms with Gasteiger partial charge in [0.2, 0.25) is 0 Å². The van der Waals surface area contributed by atoms with E-state index >= 15 is 0 Å². The second kappa shape index (κ2) is 8.53. The van der Waals surface area contributed by atoms with Crippen molar-refractivity contribution in [3.8, 4) is 5.75 Å². The van der Waals surface area contributed by atoms with Gasteiger partial charge < -0.3 is 15.0 Å². The minimum Gasteiger partial charge on any atom is -0.497 e. The molecular weight excluding hydrogens is 314 g/mol. The van der Waals surface area contributed by atoms with Crippen LogP contribution in [0.1, 0.15) is 12.0 Å². The van der Waals surface area contributed by atoms with Crippen LogP contribution in [0.2, 0.25) is 0 Å². The molecule has 0 unspecified atom stereocenters.